The first-order valence-corrected chi connectivity index (χ1v) is 7.76. The van der Waals surface area contributed by atoms with E-state index >= 15 is 0 Å². The summed E-state index contributed by atoms with van der Waals surface area (Å²) in [4.78, 5) is 40.6. The monoisotopic (exact) mass is 390 g/mol. The molecule has 27 heavy (non-hydrogen) atoms. The molecule has 0 aliphatic heterocycles. The minimum atomic E-state index is -1.53. The molecule has 1 heterocycles. The number of carboxylic acid groups (broad SMARTS) is 1. The molecule has 0 saturated carbocycles. The van der Waals surface area contributed by atoms with Crippen LogP contribution in [0.4, 0.5) is 15.3 Å². The van der Waals surface area contributed by atoms with Crippen LogP contribution in [0, 0.1) is 0 Å². The Hall–Kier alpha value is -1.84. The van der Waals surface area contributed by atoms with Crippen LogP contribution >= 0.6 is 0 Å². The number of aromatic carboxylic acids is 1. The minimum absolute atomic E-state index is 0. The predicted octanol–water partition coefficient (Wildman–Crippen LogP) is -0.866. The smallest absolute Gasteiger partial charge is 0.545 e. The molecule has 0 bridgehead atoms. The minimum Gasteiger partial charge on any atom is -0.545 e. The van der Waals surface area contributed by atoms with E-state index in [1.807, 2.05) is 0 Å². The van der Waals surface area contributed by atoms with Crippen LogP contribution in [-0.2, 0) is 9.47 Å². The van der Waals surface area contributed by atoms with Gasteiger partial charge in [0.25, 0.3) is 0 Å². The van der Waals surface area contributed by atoms with Crippen molar-refractivity contribution < 1.29 is 63.3 Å². The number of carbonyl (C=O) groups is 3. The summed E-state index contributed by atoms with van der Waals surface area (Å²) in [6.45, 7) is 9.70. The molecule has 0 spiro atoms. The number of imide groups is 1. The molecule has 0 radical (unpaired) electrons. The molecule has 0 aromatic carbocycles. The van der Waals surface area contributed by atoms with Gasteiger partial charge in [0.1, 0.15) is 16.9 Å². The second-order valence-corrected chi connectivity index (χ2v) is 7.34. The second kappa shape index (κ2) is 9.38. The van der Waals surface area contributed by atoms with Gasteiger partial charge in [-0.2, -0.15) is 4.90 Å². The quantitative estimate of drug-likeness (QED) is 0.612. The third-order valence-electron chi connectivity index (χ3n) is 2.65. The Kier molecular flexibility index (Phi) is 8.75. The molecule has 1 aromatic rings. The summed E-state index contributed by atoms with van der Waals surface area (Å²) in [7, 11) is 1.26. The standard InChI is InChI=1S/C17H24N2O7.Na/c1-16(2,3)25-14(22)19(15(23)26-17(4,5)6)11-8-10(13(20)21)9-18-12(11)24-7;/h8-9H,1-7H3,(H,20,21);/q;+1/p-1. The summed E-state index contributed by atoms with van der Waals surface area (Å²) < 4.78 is 15.5. The fourth-order valence-corrected chi connectivity index (χ4v) is 1.76. The average Bonchev–Trinajstić information content (AvgIpc) is 2.43. The van der Waals surface area contributed by atoms with Gasteiger partial charge >= 0.3 is 41.7 Å². The molecular weight excluding hydrogens is 367 g/mol. The van der Waals surface area contributed by atoms with E-state index in [1.54, 1.807) is 41.5 Å². The Labute approximate surface area is 180 Å². The van der Waals surface area contributed by atoms with Crippen molar-refractivity contribution in [2.24, 2.45) is 0 Å². The summed E-state index contributed by atoms with van der Waals surface area (Å²) in [5.41, 5.74) is -2.41. The Balaban J connectivity index is 0.00000676. The number of pyridine rings is 1. The van der Waals surface area contributed by atoms with E-state index in [0.29, 0.717) is 4.90 Å². The van der Waals surface area contributed by atoms with Gasteiger partial charge in [-0.05, 0) is 47.6 Å². The van der Waals surface area contributed by atoms with Gasteiger partial charge in [-0.1, -0.05) is 0 Å². The average molecular weight is 390 g/mol. The van der Waals surface area contributed by atoms with Crippen molar-refractivity contribution in [1.82, 2.24) is 4.98 Å². The Bertz CT molecular complexity index is 680. The molecule has 0 unspecified atom stereocenters. The largest absolute Gasteiger partial charge is 1.00 e. The first kappa shape index (κ1) is 25.2. The van der Waals surface area contributed by atoms with Crippen molar-refractivity contribution in [1.29, 1.82) is 0 Å². The number of amides is 2. The molecule has 0 fully saturated rings. The van der Waals surface area contributed by atoms with Gasteiger partial charge in [-0.15, -0.1) is 0 Å². The van der Waals surface area contributed by atoms with Gasteiger partial charge in [-0.3, -0.25) is 0 Å². The van der Waals surface area contributed by atoms with Crippen molar-refractivity contribution in [2.45, 2.75) is 52.7 Å². The zero-order valence-corrected chi connectivity index (χ0v) is 18.9. The number of carbonyl (C=O) groups excluding carboxylic acids is 3. The summed E-state index contributed by atoms with van der Waals surface area (Å²) in [6, 6.07) is 1.02. The molecule has 10 heteroatoms. The van der Waals surface area contributed by atoms with Gasteiger partial charge < -0.3 is 24.1 Å². The fraction of sp³-hybridized carbons (Fsp3) is 0.529. The molecular formula is C17H23N2NaO7. The van der Waals surface area contributed by atoms with Crippen LogP contribution in [0.5, 0.6) is 5.88 Å². The molecule has 2 amide bonds. The van der Waals surface area contributed by atoms with Crippen molar-refractivity contribution in [3.63, 3.8) is 0 Å². The number of ether oxygens (including phenoxy) is 3. The van der Waals surface area contributed by atoms with Crippen LogP contribution in [0.3, 0.4) is 0 Å². The van der Waals surface area contributed by atoms with E-state index in [-0.39, 0.29) is 46.7 Å². The van der Waals surface area contributed by atoms with Gasteiger partial charge in [0.2, 0.25) is 5.88 Å². The number of hydrogen-bond donors (Lipinski definition) is 0. The van der Waals surface area contributed by atoms with E-state index in [1.165, 1.54) is 7.11 Å². The van der Waals surface area contributed by atoms with Crippen LogP contribution in [0.25, 0.3) is 0 Å². The molecule has 144 valence electrons. The molecule has 0 aliphatic carbocycles. The topological polar surface area (TPSA) is 118 Å². The summed E-state index contributed by atoms with van der Waals surface area (Å²) in [6.07, 6.45) is -1.15. The number of nitrogens with zero attached hydrogens (tertiary/aromatic N) is 2. The second-order valence-electron chi connectivity index (χ2n) is 7.34. The van der Waals surface area contributed by atoms with Crippen molar-refractivity contribution in [2.75, 3.05) is 12.0 Å². The predicted molar refractivity (Wildman–Crippen MR) is 90.1 cm³/mol. The van der Waals surface area contributed by atoms with E-state index in [4.69, 9.17) is 14.2 Å². The van der Waals surface area contributed by atoms with Gasteiger partial charge in [0, 0.05) is 11.8 Å². The molecule has 9 nitrogen and oxygen atoms in total. The number of aromatic nitrogens is 1. The number of carboxylic acids is 1. The van der Waals surface area contributed by atoms with Crippen LogP contribution < -0.4 is 44.3 Å². The van der Waals surface area contributed by atoms with Crippen LogP contribution in [0.1, 0.15) is 51.9 Å². The van der Waals surface area contributed by atoms with Gasteiger partial charge in [0.15, 0.2) is 0 Å². The number of methoxy groups -OCH3 is 1. The third kappa shape index (κ3) is 7.74. The SMILES string of the molecule is COc1ncc(C(=O)[O-])cc1N(C(=O)OC(C)(C)C)C(=O)OC(C)(C)C.[Na+]. The van der Waals surface area contributed by atoms with E-state index in [9.17, 15) is 19.5 Å². The number of hydrogen-bond acceptors (Lipinski definition) is 8. The zero-order chi connectivity index (χ0) is 20.3. The molecule has 0 atom stereocenters. The van der Waals surface area contributed by atoms with Crippen LogP contribution in [-0.4, -0.2) is 41.5 Å². The first-order chi connectivity index (χ1) is 11.7. The van der Waals surface area contributed by atoms with Crippen molar-refractivity contribution in [3.8, 4) is 5.88 Å². The van der Waals surface area contributed by atoms with Crippen LogP contribution in [0.15, 0.2) is 12.3 Å². The van der Waals surface area contributed by atoms with Crippen LogP contribution in [0.2, 0.25) is 0 Å². The molecule has 0 N–H and O–H groups in total. The van der Waals surface area contributed by atoms with E-state index < -0.39 is 29.4 Å². The normalized spacial score (nSPS) is 11.1. The maximum atomic E-state index is 12.6. The maximum Gasteiger partial charge on any atom is 1.00 e. The van der Waals surface area contributed by atoms with Crippen molar-refractivity contribution in [3.05, 3.63) is 17.8 Å². The van der Waals surface area contributed by atoms with Crippen molar-refractivity contribution >= 4 is 23.8 Å². The molecule has 0 saturated heterocycles. The molecule has 1 aromatic heterocycles. The van der Waals surface area contributed by atoms with Gasteiger partial charge in [0.05, 0.1) is 13.1 Å². The molecule has 1 rings (SSSR count). The third-order valence-corrected chi connectivity index (χ3v) is 2.65. The zero-order valence-electron chi connectivity index (χ0n) is 16.9. The summed E-state index contributed by atoms with van der Waals surface area (Å²) >= 11 is 0. The maximum absolute atomic E-state index is 12.6. The number of rotatable bonds is 3. The van der Waals surface area contributed by atoms with Gasteiger partial charge in [-0.25, -0.2) is 14.6 Å². The van der Waals surface area contributed by atoms with E-state index in [0.717, 1.165) is 12.3 Å². The summed E-state index contributed by atoms with van der Waals surface area (Å²) in [5, 5.41) is 11.1. The Morgan fingerprint density at radius 1 is 1.00 bits per heavy atom. The molecule has 0 aliphatic rings. The van der Waals surface area contributed by atoms with E-state index in [2.05, 4.69) is 4.98 Å². The summed E-state index contributed by atoms with van der Waals surface area (Å²) in [5.74, 6) is -1.69. The number of anilines is 1. The Morgan fingerprint density at radius 3 is 1.78 bits per heavy atom. The fourth-order valence-electron chi connectivity index (χ4n) is 1.76. The first-order valence-electron chi connectivity index (χ1n) is 7.76. The Morgan fingerprint density at radius 2 is 1.44 bits per heavy atom.